The lowest BCUT2D eigenvalue weighted by atomic mass is 10.2. The molecule has 0 heterocycles. The highest BCUT2D eigenvalue weighted by molar-refractivity contribution is 5.75. The molecular formula is C10H22N2O2. The van der Waals surface area contributed by atoms with Gasteiger partial charge in [0, 0.05) is 33.7 Å². The monoisotopic (exact) mass is 202 g/mol. The van der Waals surface area contributed by atoms with Gasteiger partial charge < -0.3 is 15.4 Å². The molecule has 0 rings (SSSR count). The first-order valence-electron chi connectivity index (χ1n) is 5.21. The lowest BCUT2D eigenvalue weighted by Crippen LogP contribution is -2.25. The highest BCUT2D eigenvalue weighted by Gasteiger charge is 1.95. The molecule has 0 aliphatic heterocycles. The van der Waals surface area contributed by atoms with Gasteiger partial charge in [-0.15, -0.1) is 0 Å². The maximum Gasteiger partial charge on any atom is 0.221 e. The second-order valence-electron chi connectivity index (χ2n) is 3.23. The third-order valence-corrected chi connectivity index (χ3v) is 2.01. The molecule has 0 bridgehead atoms. The summed E-state index contributed by atoms with van der Waals surface area (Å²) >= 11 is 0. The predicted molar refractivity (Wildman–Crippen MR) is 57.3 cm³/mol. The predicted octanol–water partition coefficient (Wildman–Crippen LogP) is 0.529. The van der Waals surface area contributed by atoms with E-state index in [-0.39, 0.29) is 5.91 Å². The van der Waals surface area contributed by atoms with Gasteiger partial charge in [-0.2, -0.15) is 0 Å². The lowest BCUT2D eigenvalue weighted by molar-refractivity contribution is -0.120. The van der Waals surface area contributed by atoms with E-state index < -0.39 is 0 Å². The number of nitrogens with one attached hydrogen (secondary N) is 2. The van der Waals surface area contributed by atoms with Crippen molar-refractivity contribution in [2.75, 3.05) is 33.9 Å². The third kappa shape index (κ3) is 9.48. The van der Waals surface area contributed by atoms with E-state index in [2.05, 4.69) is 10.6 Å². The van der Waals surface area contributed by atoms with Crippen LogP contribution >= 0.6 is 0 Å². The van der Waals surface area contributed by atoms with Crippen molar-refractivity contribution >= 4 is 5.91 Å². The number of carbonyl (C=O) groups excluding carboxylic acids is 1. The van der Waals surface area contributed by atoms with Crippen LogP contribution in [-0.4, -0.2) is 39.8 Å². The van der Waals surface area contributed by atoms with Crippen molar-refractivity contribution in [1.29, 1.82) is 0 Å². The normalized spacial score (nSPS) is 10.1. The Labute approximate surface area is 86.4 Å². The van der Waals surface area contributed by atoms with Gasteiger partial charge >= 0.3 is 0 Å². The highest BCUT2D eigenvalue weighted by atomic mass is 16.5. The first-order valence-corrected chi connectivity index (χ1v) is 5.21. The Hall–Kier alpha value is -0.610. The number of hydrogen-bond acceptors (Lipinski definition) is 3. The summed E-state index contributed by atoms with van der Waals surface area (Å²) in [5, 5.41) is 5.81. The molecule has 2 N–H and O–H groups in total. The topological polar surface area (TPSA) is 50.4 Å². The molecule has 0 aromatic heterocycles. The Morgan fingerprint density at radius 2 is 2.00 bits per heavy atom. The summed E-state index contributed by atoms with van der Waals surface area (Å²) in [5.41, 5.74) is 0. The summed E-state index contributed by atoms with van der Waals surface area (Å²) < 4.78 is 4.94. The quantitative estimate of drug-likeness (QED) is 0.536. The zero-order chi connectivity index (χ0) is 10.6. The average molecular weight is 202 g/mol. The molecule has 4 heteroatoms. The van der Waals surface area contributed by atoms with Gasteiger partial charge in [-0.05, 0) is 25.8 Å². The van der Waals surface area contributed by atoms with Crippen LogP contribution in [0.2, 0.25) is 0 Å². The van der Waals surface area contributed by atoms with Crippen LogP contribution in [0.1, 0.15) is 25.7 Å². The Morgan fingerprint density at radius 3 is 2.64 bits per heavy atom. The molecule has 0 atom stereocenters. The highest BCUT2D eigenvalue weighted by Crippen LogP contribution is 1.93. The molecule has 0 radical (unpaired) electrons. The van der Waals surface area contributed by atoms with Crippen LogP contribution in [0.15, 0.2) is 0 Å². The average Bonchev–Trinajstić information content (AvgIpc) is 2.21. The minimum Gasteiger partial charge on any atom is -0.385 e. The number of unbranched alkanes of at least 4 members (excludes halogenated alkanes) is 2. The first-order chi connectivity index (χ1) is 6.81. The number of methoxy groups -OCH3 is 1. The minimum absolute atomic E-state index is 0.0943. The molecule has 0 saturated carbocycles. The van der Waals surface area contributed by atoms with Gasteiger partial charge in [-0.1, -0.05) is 0 Å². The lowest BCUT2D eigenvalue weighted by Gasteiger charge is -2.03. The van der Waals surface area contributed by atoms with Crippen molar-refractivity contribution in [1.82, 2.24) is 10.6 Å². The number of ether oxygens (including phenoxy) is 1. The molecule has 1 amide bonds. The number of hydrogen-bond donors (Lipinski definition) is 2. The summed E-state index contributed by atoms with van der Waals surface area (Å²) in [6.45, 7) is 2.60. The summed E-state index contributed by atoms with van der Waals surface area (Å²) in [4.78, 5) is 10.8. The Kier molecular flexibility index (Phi) is 10.0. The van der Waals surface area contributed by atoms with Gasteiger partial charge in [-0.25, -0.2) is 0 Å². The van der Waals surface area contributed by atoms with Crippen molar-refractivity contribution in [3.63, 3.8) is 0 Å². The van der Waals surface area contributed by atoms with E-state index in [1.165, 1.54) is 6.42 Å². The fraction of sp³-hybridized carbons (Fsp3) is 0.900. The summed E-state index contributed by atoms with van der Waals surface area (Å²) in [5.74, 6) is 0.0943. The van der Waals surface area contributed by atoms with Crippen LogP contribution in [0, 0.1) is 0 Å². The van der Waals surface area contributed by atoms with Crippen molar-refractivity contribution in [3.8, 4) is 0 Å². The molecule has 0 fully saturated rings. The maximum absolute atomic E-state index is 10.8. The SMILES string of the molecule is CNC(=O)CCNCCCCCOC. The first kappa shape index (κ1) is 13.4. The second kappa shape index (κ2) is 10.5. The molecule has 0 saturated heterocycles. The molecule has 14 heavy (non-hydrogen) atoms. The Balaban J connectivity index is 2.95. The zero-order valence-electron chi connectivity index (χ0n) is 9.27. The van der Waals surface area contributed by atoms with Crippen LogP contribution in [-0.2, 0) is 9.53 Å². The van der Waals surface area contributed by atoms with Crippen LogP contribution in [0.3, 0.4) is 0 Å². The maximum atomic E-state index is 10.8. The Bertz CT molecular complexity index is 140. The van der Waals surface area contributed by atoms with Gasteiger partial charge in [0.05, 0.1) is 0 Å². The van der Waals surface area contributed by atoms with Crippen molar-refractivity contribution in [2.24, 2.45) is 0 Å². The second-order valence-corrected chi connectivity index (χ2v) is 3.23. The molecule has 0 unspecified atom stereocenters. The number of carbonyl (C=O) groups is 1. The smallest absolute Gasteiger partial charge is 0.221 e. The minimum atomic E-state index is 0.0943. The standard InChI is InChI=1S/C10H22N2O2/c1-11-10(13)6-8-12-7-4-3-5-9-14-2/h12H,3-9H2,1-2H3,(H,11,13). The summed E-state index contributed by atoms with van der Waals surface area (Å²) in [7, 11) is 3.38. The van der Waals surface area contributed by atoms with Crippen LogP contribution in [0.5, 0.6) is 0 Å². The molecule has 0 aromatic rings. The third-order valence-electron chi connectivity index (χ3n) is 2.01. The number of amides is 1. The van der Waals surface area contributed by atoms with Gasteiger partial charge in [0.25, 0.3) is 0 Å². The van der Waals surface area contributed by atoms with E-state index in [4.69, 9.17) is 4.74 Å². The van der Waals surface area contributed by atoms with Crippen molar-refractivity contribution in [3.05, 3.63) is 0 Å². The molecule has 0 aliphatic rings. The van der Waals surface area contributed by atoms with Crippen molar-refractivity contribution in [2.45, 2.75) is 25.7 Å². The molecule has 0 aromatic carbocycles. The Morgan fingerprint density at radius 1 is 1.21 bits per heavy atom. The summed E-state index contributed by atoms with van der Waals surface area (Å²) in [6, 6.07) is 0. The van der Waals surface area contributed by atoms with Crippen LogP contribution in [0.25, 0.3) is 0 Å². The molecule has 0 spiro atoms. The molecule has 0 aliphatic carbocycles. The molecule has 4 nitrogen and oxygen atoms in total. The van der Waals surface area contributed by atoms with E-state index in [0.29, 0.717) is 6.42 Å². The van der Waals surface area contributed by atoms with E-state index in [9.17, 15) is 4.79 Å². The largest absolute Gasteiger partial charge is 0.385 e. The fourth-order valence-electron chi connectivity index (χ4n) is 1.13. The van der Waals surface area contributed by atoms with Gasteiger partial charge in [0.2, 0.25) is 5.91 Å². The zero-order valence-corrected chi connectivity index (χ0v) is 9.27. The summed E-state index contributed by atoms with van der Waals surface area (Å²) in [6.07, 6.45) is 4.01. The van der Waals surface area contributed by atoms with Gasteiger partial charge in [0.1, 0.15) is 0 Å². The fourth-order valence-corrected chi connectivity index (χ4v) is 1.13. The van der Waals surface area contributed by atoms with Gasteiger partial charge in [0.15, 0.2) is 0 Å². The van der Waals surface area contributed by atoms with Crippen LogP contribution < -0.4 is 10.6 Å². The van der Waals surface area contributed by atoms with E-state index in [1.807, 2.05) is 0 Å². The van der Waals surface area contributed by atoms with E-state index in [1.54, 1.807) is 14.2 Å². The van der Waals surface area contributed by atoms with Gasteiger partial charge in [-0.3, -0.25) is 4.79 Å². The molecular weight excluding hydrogens is 180 g/mol. The number of rotatable bonds is 9. The van der Waals surface area contributed by atoms with E-state index >= 15 is 0 Å². The molecule has 84 valence electrons. The van der Waals surface area contributed by atoms with E-state index in [0.717, 1.165) is 32.5 Å². The van der Waals surface area contributed by atoms with Crippen molar-refractivity contribution < 1.29 is 9.53 Å². The van der Waals surface area contributed by atoms with Crippen LogP contribution in [0.4, 0.5) is 0 Å².